The molecular weight excluding hydrogens is 472 g/mol. The zero-order valence-corrected chi connectivity index (χ0v) is 21.7. The van der Waals surface area contributed by atoms with Crippen molar-refractivity contribution in [3.63, 3.8) is 0 Å². The van der Waals surface area contributed by atoms with Gasteiger partial charge in [0.25, 0.3) is 0 Å². The number of hydrogen-bond acceptors (Lipinski definition) is 6. The van der Waals surface area contributed by atoms with Gasteiger partial charge in [0.2, 0.25) is 6.41 Å². The molecule has 3 aromatic rings. The SMILES string of the molecule is CC.CC.CC(C)NC=O.CNCCNc1cc(-c2ccccc2O)nc2c(Br)cnn12. The second-order valence-corrected chi connectivity index (χ2v) is 7.10. The van der Waals surface area contributed by atoms with Crippen LogP contribution in [0.4, 0.5) is 5.82 Å². The highest BCUT2D eigenvalue weighted by molar-refractivity contribution is 9.10. The molecule has 0 radical (unpaired) electrons. The number of para-hydroxylation sites is 1. The van der Waals surface area contributed by atoms with Crippen molar-refractivity contribution in [1.29, 1.82) is 0 Å². The maximum atomic E-state index is 10.1. The third kappa shape index (κ3) is 9.23. The van der Waals surface area contributed by atoms with E-state index < -0.39 is 0 Å². The minimum atomic E-state index is 0.205. The van der Waals surface area contributed by atoms with Gasteiger partial charge >= 0.3 is 0 Å². The number of nitrogens with one attached hydrogen (secondary N) is 3. The Morgan fingerprint density at radius 1 is 1.16 bits per heavy atom. The van der Waals surface area contributed by atoms with Crippen LogP contribution in [0.25, 0.3) is 16.9 Å². The third-order valence-corrected chi connectivity index (χ3v) is 4.25. The molecule has 2 aromatic heterocycles. The molecule has 0 fully saturated rings. The standard InChI is InChI=1S/C15H16BrN5O.C4H9NO.2C2H6/c1-17-6-7-18-14-8-12(10-4-2-3-5-13(10)22)20-15-11(16)9-19-21(14)15;1-4(2)5-3-6;2*1-2/h2-5,8-9,17-18,22H,6-7H2,1H3;3-4H,1-2H3,(H,5,6);2*1-2H3. The highest BCUT2D eigenvalue weighted by Crippen LogP contribution is 2.30. The number of aromatic nitrogens is 3. The smallest absolute Gasteiger partial charge is 0.207 e. The van der Waals surface area contributed by atoms with Crippen LogP contribution in [-0.4, -0.2) is 52.3 Å². The highest BCUT2D eigenvalue weighted by atomic mass is 79.9. The molecule has 1 amide bonds. The fourth-order valence-corrected chi connectivity index (χ4v) is 2.69. The Hall–Kier alpha value is -2.65. The number of phenolic OH excluding ortho intramolecular Hbond substituents is 1. The van der Waals surface area contributed by atoms with Crippen molar-refractivity contribution in [2.24, 2.45) is 0 Å². The fraction of sp³-hybridized carbons (Fsp3) is 0.435. The van der Waals surface area contributed by atoms with Crippen molar-refractivity contribution in [3.8, 4) is 17.0 Å². The minimum absolute atomic E-state index is 0.205. The number of fused-ring (bicyclic) bond motifs is 1. The van der Waals surface area contributed by atoms with Crippen LogP contribution in [-0.2, 0) is 4.79 Å². The number of rotatable bonds is 7. The van der Waals surface area contributed by atoms with Crippen molar-refractivity contribution in [2.75, 3.05) is 25.5 Å². The zero-order chi connectivity index (χ0) is 24.5. The Bertz CT molecular complexity index is 915. The number of likely N-dealkylation sites (N-methyl/N-ethyl adjacent to an activating group) is 1. The topological polar surface area (TPSA) is 104 Å². The summed E-state index contributed by atoms with van der Waals surface area (Å²) >= 11 is 3.46. The zero-order valence-electron chi connectivity index (χ0n) is 20.1. The average molecular weight is 509 g/mol. The van der Waals surface area contributed by atoms with E-state index in [9.17, 15) is 9.90 Å². The predicted molar refractivity (Wildman–Crippen MR) is 137 cm³/mol. The van der Waals surface area contributed by atoms with E-state index in [0.29, 0.717) is 23.3 Å². The van der Waals surface area contributed by atoms with Crippen molar-refractivity contribution in [1.82, 2.24) is 25.2 Å². The van der Waals surface area contributed by atoms with E-state index in [0.717, 1.165) is 23.4 Å². The van der Waals surface area contributed by atoms with Gasteiger partial charge in [-0.1, -0.05) is 39.8 Å². The fourth-order valence-electron chi connectivity index (χ4n) is 2.34. The Morgan fingerprint density at radius 3 is 2.34 bits per heavy atom. The van der Waals surface area contributed by atoms with Crippen molar-refractivity contribution >= 4 is 33.8 Å². The number of carbonyl (C=O) groups is 1. The number of benzene rings is 1. The maximum absolute atomic E-state index is 10.1. The van der Waals surface area contributed by atoms with Crippen LogP contribution in [0.1, 0.15) is 41.5 Å². The molecule has 0 atom stereocenters. The summed E-state index contributed by atoms with van der Waals surface area (Å²) in [5, 5.41) is 23.3. The van der Waals surface area contributed by atoms with E-state index >= 15 is 0 Å². The molecule has 3 rings (SSSR count). The van der Waals surface area contributed by atoms with Gasteiger partial charge in [0.15, 0.2) is 5.65 Å². The molecule has 4 N–H and O–H groups in total. The van der Waals surface area contributed by atoms with Crippen molar-refractivity contribution in [3.05, 3.63) is 41.0 Å². The van der Waals surface area contributed by atoms with Gasteiger partial charge in [-0.25, -0.2) is 4.98 Å². The molecule has 0 aliphatic heterocycles. The third-order valence-electron chi connectivity index (χ3n) is 3.69. The molecule has 8 nitrogen and oxygen atoms in total. The number of halogens is 1. The van der Waals surface area contributed by atoms with Crippen LogP contribution >= 0.6 is 15.9 Å². The summed E-state index contributed by atoms with van der Waals surface area (Å²) in [6, 6.07) is 9.33. The number of phenols is 1. The van der Waals surface area contributed by atoms with Crippen LogP contribution in [0.3, 0.4) is 0 Å². The average Bonchev–Trinajstić information content (AvgIpc) is 3.18. The summed E-state index contributed by atoms with van der Waals surface area (Å²) in [4.78, 5) is 14.1. The number of hydrogen-bond donors (Lipinski definition) is 4. The Kier molecular flexibility index (Phi) is 15.6. The van der Waals surface area contributed by atoms with Gasteiger partial charge in [0, 0.05) is 30.8 Å². The van der Waals surface area contributed by atoms with Gasteiger partial charge in [-0.2, -0.15) is 9.61 Å². The molecular formula is C23H37BrN6O2. The lowest BCUT2D eigenvalue weighted by Crippen LogP contribution is -2.19. The first kappa shape index (κ1) is 29.4. The molecule has 0 saturated carbocycles. The summed E-state index contributed by atoms with van der Waals surface area (Å²) in [5.74, 6) is 1.03. The molecule has 32 heavy (non-hydrogen) atoms. The minimum Gasteiger partial charge on any atom is -0.507 e. The number of anilines is 1. The van der Waals surface area contributed by atoms with E-state index in [4.69, 9.17) is 0 Å². The second-order valence-electron chi connectivity index (χ2n) is 6.24. The molecule has 0 aliphatic carbocycles. The Balaban J connectivity index is 0.000000824. The number of carbonyl (C=O) groups excluding carboxylic acids is 1. The van der Waals surface area contributed by atoms with E-state index in [-0.39, 0.29) is 11.8 Å². The number of aromatic hydroxyl groups is 1. The van der Waals surface area contributed by atoms with Crippen LogP contribution in [0, 0.1) is 0 Å². The van der Waals surface area contributed by atoms with Gasteiger partial charge in [0.1, 0.15) is 11.6 Å². The molecule has 178 valence electrons. The summed E-state index contributed by atoms with van der Waals surface area (Å²) in [6.07, 6.45) is 2.41. The summed E-state index contributed by atoms with van der Waals surface area (Å²) < 4.78 is 2.55. The number of nitrogens with zero attached hydrogens (tertiary/aromatic N) is 3. The van der Waals surface area contributed by atoms with Crippen molar-refractivity contribution < 1.29 is 9.90 Å². The molecule has 0 spiro atoms. The first-order chi connectivity index (χ1) is 15.5. The van der Waals surface area contributed by atoms with Gasteiger partial charge in [-0.3, -0.25) is 4.79 Å². The van der Waals surface area contributed by atoms with Crippen LogP contribution in [0.5, 0.6) is 5.75 Å². The molecule has 0 aliphatic rings. The van der Waals surface area contributed by atoms with Crippen molar-refractivity contribution in [2.45, 2.75) is 47.6 Å². The van der Waals surface area contributed by atoms with E-state index in [2.05, 4.69) is 42.0 Å². The molecule has 0 saturated heterocycles. The normalized spacial score (nSPS) is 9.53. The van der Waals surface area contributed by atoms with Crippen LogP contribution < -0.4 is 16.0 Å². The maximum Gasteiger partial charge on any atom is 0.207 e. The molecule has 2 heterocycles. The second kappa shape index (κ2) is 17.0. The van der Waals surface area contributed by atoms with Gasteiger partial charge in [0.05, 0.1) is 16.4 Å². The lowest BCUT2D eigenvalue weighted by molar-refractivity contribution is -0.109. The lowest BCUT2D eigenvalue weighted by atomic mass is 10.1. The first-order valence-electron chi connectivity index (χ1n) is 10.9. The highest BCUT2D eigenvalue weighted by Gasteiger charge is 2.13. The van der Waals surface area contributed by atoms with Crippen LogP contribution in [0.15, 0.2) is 41.0 Å². The molecule has 0 bridgehead atoms. The van der Waals surface area contributed by atoms with Crippen LogP contribution in [0.2, 0.25) is 0 Å². The Morgan fingerprint density at radius 2 is 1.81 bits per heavy atom. The molecule has 1 aromatic carbocycles. The van der Waals surface area contributed by atoms with Gasteiger partial charge < -0.3 is 21.1 Å². The lowest BCUT2D eigenvalue weighted by Gasteiger charge is -2.11. The van der Waals surface area contributed by atoms with E-state index in [1.165, 1.54) is 0 Å². The van der Waals surface area contributed by atoms with Gasteiger partial charge in [-0.15, -0.1) is 0 Å². The number of amides is 1. The first-order valence-corrected chi connectivity index (χ1v) is 11.7. The molecule has 0 unspecified atom stereocenters. The van der Waals surface area contributed by atoms with E-state index in [1.807, 2.05) is 66.8 Å². The predicted octanol–water partition coefficient (Wildman–Crippen LogP) is 4.69. The monoisotopic (exact) mass is 508 g/mol. The van der Waals surface area contributed by atoms with E-state index in [1.54, 1.807) is 22.8 Å². The Labute approximate surface area is 200 Å². The summed E-state index contributed by atoms with van der Waals surface area (Å²) in [6.45, 7) is 13.4. The largest absolute Gasteiger partial charge is 0.507 e. The summed E-state index contributed by atoms with van der Waals surface area (Å²) in [7, 11) is 1.90. The molecule has 9 heteroatoms. The summed E-state index contributed by atoms with van der Waals surface area (Å²) in [5.41, 5.74) is 2.08. The quantitative estimate of drug-likeness (QED) is 0.272. The van der Waals surface area contributed by atoms with Gasteiger partial charge in [-0.05, 0) is 49.0 Å².